The van der Waals surface area contributed by atoms with Gasteiger partial charge in [-0.15, -0.1) is 0 Å². The van der Waals surface area contributed by atoms with Crippen molar-refractivity contribution < 1.29 is 18.8 Å². The summed E-state index contributed by atoms with van der Waals surface area (Å²) < 4.78 is 17.1. The number of esters is 1. The lowest BCUT2D eigenvalue weighted by Crippen LogP contribution is -2.41. The Morgan fingerprint density at radius 1 is 1.26 bits per heavy atom. The summed E-state index contributed by atoms with van der Waals surface area (Å²) in [5.41, 5.74) is 2.44. The van der Waals surface area contributed by atoms with Gasteiger partial charge in [-0.2, -0.15) is 0 Å². The average Bonchev–Trinajstić information content (AvgIpc) is 2.64. The van der Waals surface area contributed by atoms with Crippen LogP contribution in [0.1, 0.15) is 53.9 Å². The molecule has 0 N–H and O–H groups in total. The van der Waals surface area contributed by atoms with Crippen molar-refractivity contribution in [1.82, 2.24) is 0 Å². The van der Waals surface area contributed by atoms with Crippen molar-refractivity contribution in [2.24, 2.45) is 0 Å². The molecule has 0 atom stereocenters. The van der Waals surface area contributed by atoms with Gasteiger partial charge in [0.15, 0.2) is 0 Å². The van der Waals surface area contributed by atoms with Crippen molar-refractivity contribution in [2.75, 3.05) is 7.11 Å². The van der Waals surface area contributed by atoms with Gasteiger partial charge in [-0.3, -0.25) is 4.79 Å². The van der Waals surface area contributed by atoms with Crippen LogP contribution < -0.4 is 0 Å². The standard InChI is InChI=1S/C18H27BO4/c1-13-11-14(12-16(20)21-6)9-7-8-10-15(13)19-22-17(2,3)18(4,5)23-19/h8,10-11H,7,9,12H2,1-6H3/b10-8-,14-11+,15-13+. The highest BCUT2D eigenvalue weighted by molar-refractivity contribution is 6.56. The van der Waals surface area contributed by atoms with Gasteiger partial charge in [0, 0.05) is 0 Å². The quantitative estimate of drug-likeness (QED) is 0.587. The molecule has 23 heavy (non-hydrogen) atoms. The van der Waals surface area contributed by atoms with Crippen molar-refractivity contribution in [2.45, 2.75) is 65.1 Å². The summed E-state index contributed by atoms with van der Waals surface area (Å²) in [5, 5.41) is 0. The monoisotopic (exact) mass is 318 g/mol. The number of hydrogen-bond acceptors (Lipinski definition) is 4. The molecular formula is C18H27BO4. The number of allylic oxidation sites excluding steroid dienone is 5. The van der Waals surface area contributed by atoms with E-state index in [1.165, 1.54) is 7.11 Å². The van der Waals surface area contributed by atoms with Crippen LogP contribution in [0.4, 0.5) is 0 Å². The Hall–Kier alpha value is -1.33. The first-order valence-corrected chi connectivity index (χ1v) is 8.15. The van der Waals surface area contributed by atoms with E-state index in [0.717, 1.165) is 29.5 Å². The summed E-state index contributed by atoms with van der Waals surface area (Å²) in [6.45, 7) is 10.2. The molecule has 2 aliphatic rings. The molecule has 4 nitrogen and oxygen atoms in total. The molecule has 0 unspecified atom stereocenters. The molecule has 1 aliphatic heterocycles. The third-order valence-corrected chi connectivity index (χ3v) is 4.91. The molecule has 1 aliphatic carbocycles. The third-order valence-electron chi connectivity index (χ3n) is 4.91. The van der Waals surface area contributed by atoms with Crippen LogP contribution in [-0.4, -0.2) is 31.4 Å². The molecule has 1 fully saturated rings. The zero-order valence-electron chi connectivity index (χ0n) is 15.1. The molecule has 0 saturated carbocycles. The number of carbonyl (C=O) groups excluding carboxylic acids is 1. The fourth-order valence-corrected chi connectivity index (χ4v) is 2.70. The minimum Gasteiger partial charge on any atom is -0.469 e. The van der Waals surface area contributed by atoms with Gasteiger partial charge in [0.2, 0.25) is 0 Å². The first-order chi connectivity index (χ1) is 10.7. The largest absolute Gasteiger partial charge is 0.495 e. The van der Waals surface area contributed by atoms with Crippen LogP contribution >= 0.6 is 0 Å². The number of rotatable bonds is 3. The van der Waals surface area contributed by atoms with E-state index in [-0.39, 0.29) is 24.3 Å². The summed E-state index contributed by atoms with van der Waals surface area (Å²) in [5.74, 6) is -0.203. The molecule has 1 saturated heterocycles. The normalized spacial score (nSPS) is 30.2. The maximum atomic E-state index is 11.5. The van der Waals surface area contributed by atoms with Gasteiger partial charge in [-0.1, -0.05) is 29.4 Å². The molecule has 0 bridgehead atoms. The van der Waals surface area contributed by atoms with Crippen molar-refractivity contribution in [1.29, 1.82) is 0 Å². The topological polar surface area (TPSA) is 44.8 Å². The predicted octanol–water partition coefficient (Wildman–Crippen LogP) is 3.77. The molecule has 0 amide bonds. The van der Waals surface area contributed by atoms with Crippen LogP contribution in [0.25, 0.3) is 0 Å². The van der Waals surface area contributed by atoms with Crippen LogP contribution in [0.3, 0.4) is 0 Å². The van der Waals surface area contributed by atoms with E-state index in [0.29, 0.717) is 6.42 Å². The SMILES string of the molecule is COC(=O)C/C1=C/C(C)=C(B2OC(C)(C)C(C)(C)O2)\C=C/CC1. The smallest absolute Gasteiger partial charge is 0.469 e. The molecule has 5 heteroatoms. The molecule has 126 valence electrons. The maximum absolute atomic E-state index is 11.5. The average molecular weight is 318 g/mol. The van der Waals surface area contributed by atoms with Crippen LogP contribution in [0.15, 0.2) is 34.8 Å². The highest BCUT2D eigenvalue weighted by Crippen LogP contribution is 2.39. The Bertz CT molecular complexity index is 554. The van der Waals surface area contributed by atoms with Crippen molar-refractivity contribution in [3.63, 3.8) is 0 Å². The fraction of sp³-hybridized carbons (Fsp3) is 0.611. The second-order valence-corrected chi connectivity index (χ2v) is 7.22. The highest BCUT2D eigenvalue weighted by atomic mass is 16.7. The van der Waals surface area contributed by atoms with Crippen LogP contribution in [-0.2, 0) is 18.8 Å². The molecule has 1 heterocycles. The second kappa shape index (κ2) is 6.66. The Morgan fingerprint density at radius 3 is 2.43 bits per heavy atom. The Kier molecular flexibility index (Phi) is 5.22. The van der Waals surface area contributed by atoms with Crippen molar-refractivity contribution in [3.8, 4) is 0 Å². The molecule has 0 aromatic carbocycles. The van der Waals surface area contributed by atoms with E-state index in [9.17, 15) is 4.79 Å². The minimum atomic E-state index is -0.384. The maximum Gasteiger partial charge on any atom is 0.495 e. The number of ether oxygens (including phenoxy) is 1. The van der Waals surface area contributed by atoms with E-state index < -0.39 is 0 Å². The molecular weight excluding hydrogens is 291 g/mol. The zero-order valence-corrected chi connectivity index (χ0v) is 15.1. The Labute approximate surface area is 139 Å². The second-order valence-electron chi connectivity index (χ2n) is 7.22. The lowest BCUT2D eigenvalue weighted by Gasteiger charge is -2.32. The number of methoxy groups -OCH3 is 1. The third kappa shape index (κ3) is 3.96. The minimum absolute atomic E-state index is 0.203. The van der Waals surface area contributed by atoms with Crippen LogP contribution in [0.2, 0.25) is 0 Å². The molecule has 0 spiro atoms. The summed E-state index contributed by atoms with van der Waals surface area (Å²) in [4.78, 5) is 11.5. The molecule has 0 radical (unpaired) electrons. The Balaban J connectivity index is 2.29. The van der Waals surface area contributed by atoms with Gasteiger partial charge in [-0.25, -0.2) is 0 Å². The first-order valence-electron chi connectivity index (χ1n) is 8.15. The van der Waals surface area contributed by atoms with E-state index >= 15 is 0 Å². The lowest BCUT2D eigenvalue weighted by atomic mass is 9.74. The Morgan fingerprint density at radius 2 is 1.87 bits per heavy atom. The van der Waals surface area contributed by atoms with Crippen molar-refractivity contribution in [3.05, 3.63) is 34.8 Å². The zero-order chi connectivity index (χ0) is 17.3. The van der Waals surface area contributed by atoms with Crippen LogP contribution in [0, 0.1) is 0 Å². The lowest BCUT2D eigenvalue weighted by molar-refractivity contribution is -0.139. The summed E-state index contributed by atoms with van der Waals surface area (Å²) >= 11 is 0. The summed E-state index contributed by atoms with van der Waals surface area (Å²) in [7, 11) is 1.04. The molecule has 2 rings (SSSR count). The van der Waals surface area contributed by atoms with Gasteiger partial charge in [0.05, 0.1) is 24.7 Å². The van der Waals surface area contributed by atoms with Gasteiger partial charge in [0.25, 0.3) is 0 Å². The van der Waals surface area contributed by atoms with Gasteiger partial charge >= 0.3 is 13.1 Å². The molecule has 0 aromatic heterocycles. The highest BCUT2D eigenvalue weighted by Gasteiger charge is 2.52. The molecule has 0 aromatic rings. The first kappa shape index (κ1) is 18.0. The van der Waals surface area contributed by atoms with E-state index in [2.05, 4.69) is 18.2 Å². The van der Waals surface area contributed by atoms with E-state index in [1.54, 1.807) is 0 Å². The van der Waals surface area contributed by atoms with Crippen LogP contribution in [0.5, 0.6) is 0 Å². The number of carbonyl (C=O) groups is 1. The fourth-order valence-electron chi connectivity index (χ4n) is 2.70. The summed E-state index contributed by atoms with van der Waals surface area (Å²) in [6.07, 6.45) is 8.36. The summed E-state index contributed by atoms with van der Waals surface area (Å²) in [6, 6.07) is 0. The van der Waals surface area contributed by atoms with E-state index in [4.69, 9.17) is 14.0 Å². The van der Waals surface area contributed by atoms with Gasteiger partial charge in [-0.05, 0) is 52.9 Å². The van der Waals surface area contributed by atoms with E-state index in [1.807, 2.05) is 34.6 Å². The number of hydrogen-bond donors (Lipinski definition) is 0. The van der Waals surface area contributed by atoms with Gasteiger partial charge < -0.3 is 14.0 Å². The predicted molar refractivity (Wildman–Crippen MR) is 91.9 cm³/mol. The van der Waals surface area contributed by atoms with Crippen molar-refractivity contribution >= 4 is 13.1 Å². The van der Waals surface area contributed by atoms with Gasteiger partial charge in [0.1, 0.15) is 0 Å².